The molecule has 1 saturated heterocycles. The lowest BCUT2D eigenvalue weighted by molar-refractivity contribution is 0.0724. The van der Waals surface area contributed by atoms with E-state index in [0.717, 1.165) is 43.6 Å². The molecule has 1 aliphatic rings. The monoisotopic (exact) mass is 269 g/mol. The Kier molecular flexibility index (Phi) is 3.81. The molecule has 0 radical (unpaired) electrons. The van der Waals surface area contributed by atoms with Crippen molar-refractivity contribution in [2.24, 2.45) is 0 Å². The smallest absolute Gasteiger partial charge is 0.253 e. The molecule has 0 aliphatic carbocycles. The Bertz CT molecular complexity index is 554. The Balaban J connectivity index is 1.67. The molecule has 4 heteroatoms. The summed E-state index contributed by atoms with van der Waals surface area (Å²) in [6, 6.07) is 9.79. The van der Waals surface area contributed by atoms with Crippen molar-refractivity contribution in [3.05, 3.63) is 53.9 Å². The number of piperidine rings is 1. The van der Waals surface area contributed by atoms with Crippen molar-refractivity contribution in [3.8, 4) is 0 Å². The van der Waals surface area contributed by atoms with Gasteiger partial charge in [-0.15, -0.1) is 0 Å². The highest BCUT2D eigenvalue weighted by molar-refractivity contribution is 5.94. The van der Waals surface area contributed by atoms with Crippen molar-refractivity contribution in [3.63, 3.8) is 0 Å². The molecule has 1 fully saturated rings. The minimum atomic E-state index is 0.162. The van der Waals surface area contributed by atoms with Gasteiger partial charge in [-0.25, -0.2) is 0 Å². The van der Waals surface area contributed by atoms with E-state index < -0.39 is 0 Å². The van der Waals surface area contributed by atoms with Crippen molar-refractivity contribution in [2.75, 3.05) is 13.1 Å². The fourth-order valence-corrected chi connectivity index (χ4v) is 2.61. The number of hydrogen-bond donors (Lipinski definition) is 0. The summed E-state index contributed by atoms with van der Waals surface area (Å²) >= 11 is 0. The van der Waals surface area contributed by atoms with Gasteiger partial charge in [0.05, 0.1) is 6.54 Å². The van der Waals surface area contributed by atoms with Gasteiger partial charge in [0.15, 0.2) is 0 Å². The van der Waals surface area contributed by atoms with Crippen LogP contribution in [0.5, 0.6) is 0 Å². The number of carbonyl (C=O) groups is 1. The third-order valence-electron chi connectivity index (χ3n) is 3.75. The van der Waals surface area contributed by atoms with Gasteiger partial charge in [0.2, 0.25) is 0 Å². The highest BCUT2D eigenvalue weighted by Crippen LogP contribution is 2.14. The quantitative estimate of drug-likeness (QED) is 0.859. The summed E-state index contributed by atoms with van der Waals surface area (Å²) in [5.41, 5.74) is 1.94. The van der Waals surface area contributed by atoms with Crippen LogP contribution in [-0.4, -0.2) is 33.7 Å². The maximum absolute atomic E-state index is 12.3. The number of amides is 1. The number of benzene rings is 1. The van der Waals surface area contributed by atoms with E-state index in [1.54, 1.807) is 6.20 Å². The third-order valence-corrected chi connectivity index (χ3v) is 3.75. The summed E-state index contributed by atoms with van der Waals surface area (Å²) in [6.45, 7) is 2.53. The standard InChI is InChI=1S/C16H19N3O/c20-16(18-10-2-1-3-11-18)15-7-5-14(6-8-15)13-19-12-4-9-17-19/h4-9,12H,1-3,10-11,13H2. The van der Waals surface area contributed by atoms with Gasteiger partial charge in [0.1, 0.15) is 0 Å². The molecule has 1 aliphatic heterocycles. The second-order valence-electron chi connectivity index (χ2n) is 5.25. The second-order valence-corrected chi connectivity index (χ2v) is 5.25. The van der Waals surface area contributed by atoms with Crippen LogP contribution in [0.3, 0.4) is 0 Å². The number of hydrogen-bond acceptors (Lipinski definition) is 2. The summed E-state index contributed by atoms with van der Waals surface area (Å²) in [7, 11) is 0. The normalized spacial score (nSPS) is 15.3. The number of carbonyl (C=O) groups excluding carboxylic acids is 1. The second kappa shape index (κ2) is 5.90. The van der Waals surface area contributed by atoms with Gasteiger partial charge in [-0.1, -0.05) is 12.1 Å². The van der Waals surface area contributed by atoms with Crippen LogP contribution in [0.25, 0.3) is 0 Å². The predicted octanol–water partition coefficient (Wildman–Crippen LogP) is 2.56. The van der Waals surface area contributed by atoms with E-state index in [1.165, 1.54) is 6.42 Å². The molecule has 3 rings (SSSR count). The summed E-state index contributed by atoms with van der Waals surface area (Å²) < 4.78 is 1.88. The largest absolute Gasteiger partial charge is 0.339 e. The Morgan fingerprint density at radius 3 is 2.50 bits per heavy atom. The summed E-state index contributed by atoms with van der Waals surface area (Å²) in [5, 5.41) is 4.18. The lowest BCUT2D eigenvalue weighted by atomic mass is 10.1. The average Bonchev–Trinajstić information content (AvgIpc) is 3.01. The Hall–Kier alpha value is -2.10. The van der Waals surface area contributed by atoms with Crippen molar-refractivity contribution < 1.29 is 4.79 Å². The molecule has 2 heterocycles. The van der Waals surface area contributed by atoms with Gasteiger partial charge in [-0.3, -0.25) is 9.48 Å². The van der Waals surface area contributed by atoms with E-state index in [2.05, 4.69) is 5.10 Å². The van der Waals surface area contributed by atoms with Crippen LogP contribution >= 0.6 is 0 Å². The van der Waals surface area contributed by atoms with Gasteiger partial charge in [0.25, 0.3) is 5.91 Å². The summed E-state index contributed by atoms with van der Waals surface area (Å²) in [4.78, 5) is 14.3. The fraction of sp³-hybridized carbons (Fsp3) is 0.375. The van der Waals surface area contributed by atoms with E-state index in [-0.39, 0.29) is 5.91 Å². The average molecular weight is 269 g/mol. The van der Waals surface area contributed by atoms with Gasteiger partial charge in [0, 0.05) is 31.0 Å². The maximum atomic E-state index is 12.3. The lowest BCUT2D eigenvalue weighted by Gasteiger charge is -2.26. The predicted molar refractivity (Wildman–Crippen MR) is 77.5 cm³/mol. The molecule has 1 amide bonds. The topological polar surface area (TPSA) is 38.1 Å². The molecule has 4 nitrogen and oxygen atoms in total. The van der Waals surface area contributed by atoms with Gasteiger partial charge in [-0.2, -0.15) is 5.10 Å². The third kappa shape index (κ3) is 2.90. The zero-order chi connectivity index (χ0) is 13.8. The molecule has 1 aromatic heterocycles. The number of nitrogens with zero attached hydrogens (tertiary/aromatic N) is 3. The van der Waals surface area contributed by atoms with Crippen LogP contribution in [0.2, 0.25) is 0 Å². The highest BCUT2D eigenvalue weighted by Gasteiger charge is 2.17. The lowest BCUT2D eigenvalue weighted by Crippen LogP contribution is -2.35. The van der Waals surface area contributed by atoms with Crippen molar-refractivity contribution >= 4 is 5.91 Å². The van der Waals surface area contributed by atoms with Crippen LogP contribution in [0.4, 0.5) is 0 Å². The minimum absolute atomic E-state index is 0.162. The first-order valence-corrected chi connectivity index (χ1v) is 7.18. The zero-order valence-electron chi connectivity index (χ0n) is 11.5. The van der Waals surface area contributed by atoms with Gasteiger partial charge in [-0.05, 0) is 43.0 Å². The molecule has 0 bridgehead atoms. The number of rotatable bonds is 3. The first-order valence-electron chi connectivity index (χ1n) is 7.18. The molecule has 1 aromatic carbocycles. The van der Waals surface area contributed by atoms with Crippen molar-refractivity contribution in [1.29, 1.82) is 0 Å². The first kappa shape index (κ1) is 12.9. The van der Waals surface area contributed by atoms with Crippen LogP contribution in [-0.2, 0) is 6.54 Å². The first-order chi connectivity index (χ1) is 9.83. The fourth-order valence-electron chi connectivity index (χ4n) is 2.61. The maximum Gasteiger partial charge on any atom is 0.253 e. The molecule has 20 heavy (non-hydrogen) atoms. The Labute approximate surface area is 119 Å². The molecule has 104 valence electrons. The summed E-state index contributed by atoms with van der Waals surface area (Å²) in [5.74, 6) is 0.162. The highest BCUT2D eigenvalue weighted by atomic mass is 16.2. The van der Waals surface area contributed by atoms with Crippen LogP contribution in [0.1, 0.15) is 35.2 Å². The van der Waals surface area contributed by atoms with Crippen LogP contribution in [0, 0.1) is 0 Å². The van der Waals surface area contributed by atoms with E-state index in [4.69, 9.17) is 0 Å². The van der Waals surface area contributed by atoms with Crippen molar-refractivity contribution in [1.82, 2.24) is 14.7 Å². The van der Waals surface area contributed by atoms with Crippen LogP contribution in [0.15, 0.2) is 42.7 Å². The number of aromatic nitrogens is 2. The molecule has 2 aromatic rings. The molecular formula is C16H19N3O. The minimum Gasteiger partial charge on any atom is -0.339 e. The van der Waals surface area contributed by atoms with Gasteiger partial charge < -0.3 is 4.90 Å². The molecule has 0 spiro atoms. The SMILES string of the molecule is O=C(c1ccc(Cn2cccn2)cc1)N1CCCCC1. The molecule has 0 saturated carbocycles. The summed E-state index contributed by atoms with van der Waals surface area (Å²) in [6.07, 6.45) is 7.21. The molecule has 0 N–H and O–H groups in total. The van der Waals surface area contributed by atoms with Crippen molar-refractivity contribution in [2.45, 2.75) is 25.8 Å². The van der Waals surface area contributed by atoms with E-state index in [9.17, 15) is 4.79 Å². The Morgan fingerprint density at radius 2 is 1.85 bits per heavy atom. The Morgan fingerprint density at radius 1 is 1.10 bits per heavy atom. The van der Waals surface area contributed by atoms with E-state index in [0.29, 0.717) is 0 Å². The zero-order valence-corrected chi connectivity index (χ0v) is 11.5. The van der Waals surface area contributed by atoms with Crippen LogP contribution < -0.4 is 0 Å². The number of likely N-dealkylation sites (tertiary alicyclic amines) is 1. The van der Waals surface area contributed by atoms with Gasteiger partial charge >= 0.3 is 0 Å². The molecule has 0 unspecified atom stereocenters. The van der Waals surface area contributed by atoms with E-state index in [1.807, 2.05) is 46.1 Å². The molecule has 0 atom stereocenters. The van der Waals surface area contributed by atoms with E-state index >= 15 is 0 Å². The molecular weight excluding hydrogens is 250 g/mol.